The second kappa shape index (κ2) is 3.49. The number of thiol groups is 1. The van der Waals surface area contributed by atoms with E-state index in [9.17, 15) is 17.6 Å². The van der Waals surface area contributed by atoms with Gasteiger partial charge in [-0.2, -0.15) is 13.2 Å². The van der Waals surface area contributed by atoms with E-state index in [0.29, 0.717) is 6.07 Å². The Morgan fingerprint density at radius 2 is 1.77 bits per heavy atom. The highest BCUT2D eigenvalue weighted by Gasteiger charge is 2.34. The summed E-state index contributed by atoms with van der Waals surface area (Å²) in [6.07, 6.45) is -4.67. The van der Waals surface area contributed by atoms with Crippen LogP contribution in [0.25, 0.3) is 0 Å². The SMILES string of the molecule is Fc1cc(S)c(Br)cc1C(F)(F)F. The van der Waals surface area contributed by atoms with Gasteiger partial charge in [0.2, 0.25) is 0 Å². The molecule has 0 bridgehead atoms. The van der Waals surface area contributed by atoms with Gasteiger partial charge in [-0.05, 0) is 28.1 Å². The van der Waals surface area contributed by atoms with Crippen molar-refractivity contribution in [2.45, 2.75) is 11.1 Å². The largest absolute Gasteiger partial charge is 0.419 e. The normalized spacial score (nSPS) is 11.8. The summed E-state index contributed by atoms with van der Waals surface area (Å²) in [6, 6.07) is 1.38. The van der Waals surface area contributed by atoms with E-state index in [1.165, 1.54) is 0 Å². The minimum absolute atomic E-state index is 0.115. The first-order valence-corrected chi connectivity index (χ1v) is 4.31. The maximum atomic E-state index is 12.7. The second-order valence-electron chi connectivity index (χ2n) is 2.28. The molecule has 13 heavy (non-hydrogen) atoms. The predicted molar refractivity (Wildman–Crippen MR) is 46.4 cm³/mol. The highest BCUT2D eigenvalue weighted by molar-refractivity contribution is 9.10. The molecule has 0 saturated heterocycles. The van der Waals surface area contributed by atoms with E-state index in [2.05, 4.69) is 28.6 Å². The van der Waals surface area contributed by atoms with Crippen LogP contribution >= 0.6 is 28.6 Å². The molecule has 0 aliphatic heterocycles. The first kappa shape index (κ1) is 10.8. The van der Waals surface area contributed by atoms with E-state index in [4.69, 9.17) is 0 Å². The van der Waals surface area contributed by atoms with E-state index < -0.39 is 17.6 Å². The van der Waals surface area contributed by atoms with Crippen molar-refractivity contribution < 1.29 is 17.6 Å². The van der Waals surface area contributed by atoms with E-state index in [0.717, 1.165) is 6.07 Å². The first-order chi connectivity index (χ1) is 5.82. The van der Waals surface area contributed by atoms with Gasteiger partial charge in [-0.15, -0.1) is 12.6 Å². The number of rotatable bonds is 0. The van der Waals surface area contributed by atoms with Gasteiger partial charge in [-0.3, -0.25) is 0 Å². The topological polar surface area (TPSA) is 0 Å². The Labute approximate surface area is 85.5 Å². The third kappa shape index (κ3) is 2.37. The van der Waals surface area contributed by atoms with Crippen molar-refractivity contribution in [3.05, 3.63) is 28.0 Å². The molecular formula is C7H3BrF4S. The molecule has 0 nitrogen and oxygen atoms in total. The van der Waals surface area contributed by atoms with Crippen LogP contribution in [0.1, 0.15) is 5.56 Å². The van der Waals surface area contributed by atoms with Crippen molar-refractivity contribution in [3.63, 3.8) is 0 Å². The van der Waals surface area contributed by atoms with Gasteiger partial charge in [0.05, 0.1) is 5.56 Å². The molecule has 0 fully saturated rings. The fourth-order valence-corrected chi connectivity index (χ4v) is 1.27. The Bertz CT molecular complexity index is 334. The minimum atomic E-state index is -4.67. The number of halogens is 5. The molecule has 1 aromatic carbocycles. The van der Waals surface area contributed by atoms with Crippen LogP contribution in [0, 0.1) is 5.82 Å². The Morgan fingerprint density at radius 3 is 2.23 bits per heavy atom. The molecule has 0 radical (unpaired) electrons. The number of hydrogen-bond acceptors (Lipinski definition) is 1. The van der Waals surface area contributed by atoms with Gasteiger partial charge in [-0.25, -0.2) is 4.39 Å². The highest BCUT2D eigenvalue weighted by atomic mass is 79.9. The second-order valence-corrected chi connectivity index (χ2v) is 3.62. The Kier molecular flexibility index (Phi) is 2.91. The fourth-order valence-electron chi connectivity index (χ4n) is 0.754. The minimum Gasteiger partial charge on any atom is -0.206 e. The summed E-state index contributed by atoms with van der Waals surface area (Å²) in [5.41, 5.74) is -1.29. The lowest BCUT2D eigenvalue weighted by Gasteiger charge is -2.09. The van der Waals surface area contributed by atoms with Gasteiger partial charge in [0.1, 0.15) is 5.82 Å². The van der Waals surface area contributed by atoms with Crippen LogP contribution in [0.15, 0.2) is 21.5 Å². The number of benzene rings is 1. The molecule has 0 amide bonds. The summed E-state index contributed by atoms with van der Waals surface area (Å²) >= 11 is 6.59. The van der Waals surface area contributed by atoms with E-state index in [1.54, 1.807) is 0 Å². The van der Waals surface area contributed by atoms with Crippen molar-refractivity contribution in [1.82, 2.24) is 0 Å². The molecule has 72 valence electrons. The Morgan fingerprint density at radius 1 is 1.23 bits per heavy atom. The smallest absolute Gasteiger partial charge is 0.206 e. The summed E-state index contributed by atoms with van der Waals surface area (Å²) in [5.74, 6) is -1.32. The zero-order chi connectivity index (χ0) is 10.2. The fraction of sp³-hybridized carbons (Fsp3) is 0.143. The van der Waals surface area contributed by atoms with E-state index in [1.807, 2.05) is 0 Å². The van der Waals surface area contributed by atoms with Crippen LogP contribution < -0.4 is 0 Å². The average Bonchev–Trinajstić information content (AvgIpc) is 1.94. The van der Waals surface area contributed by atoms with Crippen LogP contribution in [0.5, 0.6) is 0 Å². The molecule has 0 N–H and O–H groups in total. The molecular weight excluding hydrogens is 272 g/mol. The Balaban J connectivity index is 3.32. The van der Waals surface area contributed by atoms with Crippen molar-refractivity contribution in [2.24, 2.45) is 0 Å². The summed E-state index contributed by atoms with van der Waals surface area (Å²) in [4.78, 5) is 0.130. The summed E-state index contributed by atoms with van der Waals surface area (Å²) in [5, 5.41) is 0. The molecule has 0 aliphatic carbocycles. The van der Waals surface area contributed by atoms with Crippen molar-refractivity contribution in [1.29, 1.82) is 0 Å². The third-order valence-electron chi connectivity index (χ3n) is 1.34. The number of alkyl halides is 3. The van der Waals surface area contributed by atoms with Crippen molar-refractivity contribution in [2.75, 3.05) is 0 Å². The standard InChI is InChI=1S/C7H3BrF4S/c8-4-1-3(7(10,11)12)5(9)2-6(4)13/h1-2,13H. The highest BCUT2D eigenvalue weighted by Crippen LogP contribution is 2.35. The molecule has 0 aliphatic rings. The van der Waals surface area contributed by atoms with Gasteiger partial charge in [0.15, 0.2) is 0 Å². The van der Waals surface area contributed by atoms with Crippen molar-refractivity contribution in [3.8, 4) is 0 Å². The molecule has 0 saturated carbocycles. The van der Waals surface area contributed by atoms with Gasteiger partial charge in [0, 0.05) is 9.37 Å². The lowest BCUT2D eigenvalue weighted by Crippen LogP contribution is -2.08. The molecule has 1 rings (SSSR count). The van der Waals surface area contributed by atoms with Gasteiger partial charge in [0.25, 0.3) is 0 Å². The maximum absolute atomic E-state index is 12.7. The van der Waals surface area contributed by atoms with Crippen molar-refractivity contribution >= 4 is 28.6 Å². The predicted octanol–water partition coefficient (Wildman–Crippen LogP) is 3.90. The lowest BCUT2D eigenvalue weighted by atomic mass is 10.2. The van der Waals surface area contributed by atoms with Gasteiger partial charge in [-0.1, -0.05) is 0 Å². The van der Waals surface area contributed by atoms with Crippen LogP contribution in [-0.4, -0.2) is 0 Å². The summed E-state index contributed by atoms with van der Waals surface area (Å²) < 4.78 is 49.1. The molecule has 1 aromatic rings. The molecule has 6 heteroatoms. The van der Waals surface area contributed by atoms with E-state index in [-0.39, 0.29) is 9.37 Å². The quantitative estimate of drug-likeness (QED) is 0.539. The van der Waals surface area contributed by atoms with Crippen LogP contribution in [0.4, 0.5) is 17.6 Å². The van der Waals surface area contributed by atoms with Gasteiger partial charge >= 0.3 is 6.18 Å². The van der Waals surface area contributed by atoms with Crippen LogP contribution in [0.2, 0.25) is 0 Å². The molecule has 0 atom stereocenters. The zero-order valence-electron chi connectivity index (χ0n) is 5.99. The summed E-state index contributed by atoms with van der Waals surface area (Å²) in [7, 11) is 0. The lowest BCUT2D eigenvalue weighted by molar-refractivity contribution is -0.140. The van der Waals surface area contributed by atoms with Crippen LogP contribution in [-0.2, 0) is 6.18 Å². The monoisotopic (exact) mass is 274 g/mol. The third-order valence-corrected chi connectivity index (χ3v) is 2.67. The average molecular weight is 275 g/mol. The molecule has 0 heterocycles. The number of hydrogen-bond donors (Lipinski definition) is 1. The Hall–Kier alpha value is -0.230. The maximum Gasteiger partial charge on any atom is 0.419 e. The molecule has 0 unspecified atom stereocenters. The van der Waals surface area contributed by atoms with Crippen LogP contribution in [0.3, 0.4) is 0 Å². The molecule has 0 aromatic heterocycles. The summed E-state index contributed by atoms with van der Waals surface area (Å²) in [6.45, 7) is 0. The molecule has 0 spiro atoms. The van der Waals surface area contributed by atoms with E-state index >= 15 is 0 Å². The zero-order valence-corrected chi connectivity index (χ0v) is 8.47. The van der Waals surface area contributed by atoms with Gasteiger partial charge < -0.3 is 0 Å². The first-order valence-electron chi connectivity index (χ1n) is 3.07.